The van der Waals surface area contributed by atoms with E-state index >= 15 is 0 Å². The number of halogens is 1. The summed E-state index contributed by atoms with van der Waals surface area (Å²) in [5.41, 5.74) is 7.05. The van der Waals surface area contributed by atoms with E-state index in [0.717, 1.165) is 5.69 Å². The third-order valence-corrected chi connectivity index (χ3v) is 4.98. The second kappa shape index (κ2) is 9.49. The summed E-state index contributed by atoms with van der Waals surface area (Å²) < 4.78 is 2.12. The van der Waals surface area contributed by atoms with Gasteiger partial charge in [-0.25, -0.2) is 4.99 Å². The van der Waals surface area contributed by atoms with E-state index in [1.54, 1.807) is 0 Å². The summed E-state index contributed by atoms with van der Waals surface area (Å²) in [7, 11) is 0. The molecule has 3 N–H and O–H groups in total. The minimum absolute atomic E-state index is 0. The minimum Gasteiger partial charge on any atom is -0.370 e. The molecule has 6 heteroatoms. The lowest BCUT2D eigenvalue weighted by atomic mass is 10.1. The Balaban J connectivity index is 0.00000192. The standard InChI is InChI=1S/C17H29N5.HI/c18-17(20-14-7-3-1-2-4-8-14)19-13-15-11-12-22(21-15)16-9-5-6-10-16;/h11-12,14,16H,1-10,13H2,(H3,18,19,20);1H. The highest BCUT2D eigenvalue weighted by molar-refractivity contribution is 14.0. The molecule has 0 radical (unpaired) electrons. The van der Waals surface area contributed by atoms with Crippen LogP contribution in [0.1, 0.15) is 75.9 Å². The van der Waals surface area contributed by atoms with E-state index in [2.05, 4.69) is 32.4 Å². The Kier molecular flexibility index (Phi) is 7.65. The van der Waals surface area contributed by atoms with Crippen molar-refractivity contribution in [3.05, 3.63) is 18.0 Å². The Morgan fingerprint density at radius 1 is 1.13 bits per heavy atom. The van der Waals surface area contributed by atoms with E-state index in [0.29, 0.717) is 24.6 Å². The Bertz CT molecular complexity index is 485. The molecule has 2 aliphatic rings. The van der Waals surface area contributed by atoms with Gasteiger partial charge in [-0.2, -0.15) is 5.10 Å². The Morgan fingerprint density at radius 3 is 2.48 bits per heavy atom. The molecule has 0 unspecified atom stereocenters. The molecule has 1 heterocycles. The fourth-order valence-electron chi connectivity index (χ4n) is 3.68. The van der Waals surface area contributed by atoms with Crippen LogP contribution in [0.2, 0.25) is 0 Å². The van der Waals surface area contributed by atoms with Crippen LogP contribution in [0.5, 0.6) is 0 Å². The van der Waals surface area contributed by atoms with E-state index in [1.807, 2.05) is 0 Å². The first-order chi connectivity index (χ1) is 10.8. The highest BCUT2D eigenvalue weighted by Crippen LogP contribution is 2.28. The number of nitrogens with one attached hydrogen (secondary N) is 1. The van der Waals surface area contributed by atoms with Crippen LogP contribution in [0.15, 0.2) is 17.3 Å². The van der Waals surface area contributed by atoms with Gasteiger partial charge in [0.2, 0.25) is 0 Å². The van der Waals surface area contributed by atoms with E-state index < -0.39 is 0 Å². The number of aromatic nitrogens is 2. The smallest absolute Gasteiger partial charge is 0.189 e. The summed E-state index contributed by atoms with van der Waals surface area (Å²) >= 11 is 0. The Labute approximate surface area is 156 Å². The number of nitrogens with two attached hydrogens (primary N) is 1. The first-order valence-electron chi connectivity index (χ1n) is 8.92. The summed E-state index contributed by atoms with van der Waals surface area (Å²) in [5.74, 6) is 0.572. The normalized spacial score (nSPS) is 21.0. The van der Waals surface area contributed by atoms with Crippen molar-refractivity contribution >= 4 is 29.9 Å². The van der Waals surface area contributed by atoms with Gasteiger partial charge in [-0.1, -0.05) is 38.5 Å². The molecule has 0 amide bonds. The lowest BCUT2D eigenvalue weighted by Crippen LogP contribution is -2.39. The quantitative estimate of drug-likeness (QED) is 0.330. The van der Waals surface area contributed by atoms with Crippen LogP contribution in [-0.2, 0) is 6.54 Å². The van der Waals surface area contributed by atoms with Crippen molar-refractivity contribution in [1.29, 1.82) is 0 Å². The summed E-state index contributed by atoms with van der Waals surface area (Å²) in [6.07, 6.45) is 15.0. The van der Waals surface area contributed by atoms with E-state index in [1.165, 1.54) is 64.2 Å². The van der Waals surface area contributed by atoms with Crippen molar-refractivity contribution < 1.29 is 0 Å². The maximum Gasteiger partial charge on any atom is 0.189 e. The topological polar surface area (TPSA) is 68.2 Å². The molecule has 0 spiro atoms. The molecule has 0 aromatic carbocycles. The second-order valence-electron chi connectivity index (χ2n) is 6.76. The summed E-state index contributed by atoms with van der Waals surface area (Å²) in [6.45, 7) is 0.575. The average molecular weight is 431 g/mol. The molecular weight excluding hydrogens is 401 g/mol. The molecule has 1 aromatic rings. The molecule has 0 aliphatic heterocycles. The number of guanidine groups is 1. The number of hydrogen-bond donors (Lipinski definition) is 2. The van der Waals surface area contributed by atoms with Crippen LogP contribution in [0.3, 0.4) is 0 Å². The van der Waals surface area contributed by atoms with Crippen molar-refractivity contribution in [3.63, 3.8) is 0 Å². The fourth-order valence-corrected chi connectivity index (χ4v) is 3.68. The molecule has 0 atom stereocenters. The van der Waals surface area contributed by atoms with Gasteiger partial charge in [0, 0.05) is 12.2 Å². The lowest BCUT2D eigenvalue weighted by Gasteiger charge is -2.16. The fraction of sp³-hybridized carbons (Fsp3) is 0.765. The Morgan fingerprint density at radius 2 is 1.78 bits per heavy atom. The van der Waals surface area contributed by atoms with Gasteiger partial charge in [-0.3, -0.25) is 4.68 Å². The first-order valence-corrected chi connectivity index (χ1v) is 8.92. The van der Waals surface area contributed by atoms with Crippen molar-refractivity contribution in [2.24, 2.45) is 10.7 Å². The zero-order valence-corrected chi connectivity index (χ0v) is 16.2. The molecule has 2 saturated carbocycles. The van der Waals surface area contributed by atoms with Crippen LogP contribution in [0, 0.1) is 0 Å². The summed E-state index contributed by atoms with van der Waals surface area (Å²) in [4.78, 5) is 4.47. The first kappa shape index (κ1) is 18.5. The van der Waals surface area contributed by atoms with E-state index in [-0.39, 0.29) is 24.0 Å². The molecule has 2 aliphatic carbocycles. The third-order valence-electron chi connectivity index (χ3n) is 4.98. The molecular formula is C17H30IN5. The van der Waals surface area contributed by atoms with Crippen molar-refractivity contribution in [2.75, 3.05) is 0 Å². The van der Waals surface area contributed by atoms with Crippen LogP contribution in [0.4, 0.5) is 0 Å². The van der Waals surface area contributed by atoms with Gasteiger partial charge >= 0.3 is 0 Å². The highest BCUT2D eigenvalue weighted by atomic mass is 127. The summed E-state index contributed by atoms with van der Waals surface area (Å²) in [5, 5.41) is 8.04. The van der Waals surface area contributed by atoms with Gasteiger partial charge in [0.15, 0.2) is 5.96 Å². The molecule has 5 nitrogen and oxygen atoms in total. The number of hydrogen-bond acceptors (Lipinski definition) is 2. The molecule has 1 aromatic heterocycles. The largest absolute Gasteiger partial charge is 0.370 e. The van der Waals surface area contributed by atoms with Gasteiger partial charge in [-0.05, 0) is 31.7 Å². The molecule has 2 fully saturated rings. The molecule has 0 bridgehead atoms. The molecule has 23 heavy (non-hydrogen) atoms. The SMILES string of the molecule is I.NC(=NCc1ccn(C2CCCC2)n1)NC1CCCCCC1. The summed E-state index contributed by atoms with van der Waals surface area (Å²) in [6, 6.07) is 3.17. The van der Waals surface area contributed by atoms with Crippen molar-refractivity contribution in [1.82, 2.24) is 15.1 Å². The molecule has 0 saturated heterocycles. The predicted molar refractivity (Wildman–Crippen MR) is 105 cm³/mol. The highest BCUT2D eigenvalue weighted by Gasteiger charge is 2.17. The van der Waals surface area contributed by atoms with E-state index in [4.69, 9.17) is 5.73 Å². The maximum atomic E-state index is 6.04. The number of nitrogens with zero attached hydrogens (tertiary/aromatic N) is 3. The third kappa shape index (κ3) is 5.65. The lowest BCUT2D eigenvalue weighted by molar-refractivity contribution is 0.463. The van der Waals surface area contributed by atoms with Crippen LogP contribution >= 0.6 is 24.0 Å². The average Bonchev–Trinajstić information content (AvgIpc) is 3.14. The van der Waals surface area contributed by atoms with Gasteiger partial charge in [0.05, 0.1) is 18.3 Å². The van der Waals surface area contributed by atoms with E-state index in [9.17, 15) is 0 Å². The van der Waals surface area contributed by atoms with Gasteiger partial charge in [-0.15, -0.1) is 24.0 Å². The number of aliphatic imine (C=N–C) groups is 1. The monoisotopic (exact) mass is 431 g/mol. The minimum atomic E-state index is 0. The predicted octanol–water partition coefficient (Wildman–Crippen LogP) is 3.74. The maximum absolute atomic E-state index is 6.04. The molecule has 3 rings (SSSR count). The number of rotatable bonds is 4. The van der Waals surface area contributed by atoms with Gasteiger partial charge in [0.25, 0.3) is 0 Å². The van der Waals surface area contributed by atoms with Crippen LogP contribution < -0.4 is 11.1 Å². The molecule has 130 valence electrons. The zero-order chi connectivity index (χ0) is 15.2. The van der Waals surface area contributed by atoms with Crippen LogP contribution in [-0.4, -0.2) is 21.8 Å². The van der Waals surface area contributed by atoms with Crippen molar-refractivity contribution in [3.8, 4) is 0 Å². The van der Waals surface area contributed by atoms with Crippen LogP contribution in [0.25, 0.3) is 0 Å². The zero-order valence-electron chi connectivity index (χ0n) is 13.9. The Hall–Kier alpha value is -0.790. The van der Waals surface area contributed by atoms with Crippen molar-refractivity contribution in [2.45, 2.75) is 82.8 Å². The van der Waals surface area contributed by atoms with Gasteiger partial charge in [0.1, 0.15) is 0 Å². The van der Waals surface area contributed by atoms with Gasteiger partial charge < -0.3 is 11.1 Å². The second-order valence-corrected chi connectivity index (χ2v) is 6.76.